The van der Waals surface area contributed by atoms with Crippen molar-refractivity contribution in [3.63, 3.8) is 0 Å². The summed E-state index contributed by atoms with van der Waals surface area (Å²) in [5, 5.41) is 0.291. The van der Waals surface area contributed by atoms with Crippen molar-refractivity contribution in [1.29, 1.82) is 0 Å². The molecular weight excluding hydrogens is 392 g/mol. The molecule has 1 unspecified atom stereocenters. The maximum absolute atomic E-state index is 12.9. The zero-order valence-electron chi connectivity index (χ0n) is 15.7. The average Bonchev–Trinajstić information content (AvgIpc) is 3.23. The molecule has 150 valence electrons. The molecule has 29 heavy (non-hydrogen) atoms. The predicted molar refractivity (Wildman–Crippen MR) is 109 cm³/mol. The largest absolute Gasteiger partial charge is 0.454 e. The fourth-order valence-corrected chi connectivity index (χ4v) is 5.02. The van der Waals surface area contributed by atoms with Crippen molar-refractivity contribution in [2.24, 2.45) is 0 Å². The van der Waals surface area contributed by atoms with Crippen molar-refractivity contribution < 1.29 is 18.7 Å². The highest BCUT2D eigenvalue weighted by Crippen LogP contribution is 2.40. The lowest BCUT2D eigenvalue weighted by atomic mass is 10.1. The second-order valence-electron chi connectivity index (χ2n) is 7.06. The van der Waals surface area contributed by atoms with E-state index in [0.29, 0.717) is 29.4 Å². The number of fused-ring (bicyclic) bond motifs is 2. The first kappa shape index (κ1) is 18.2. The maximum Gasteiger partial charge on any atom is 0.420 e. The molecule has 1 aromatic heterocycles. The summed E-state index contributed by atoms with van der Waals surface area (Å²) < 4.78 is 17.5. The van der Waals surface area contributed by atoms with E-state index in [4.69, 9.17) is 13.9 Å². The quantitative estimate of drug-likeness (QED) is 0.658. The van der Waals surface area contributed by atoms with E-state index >= 15 is 0 Å². The van der Waals surface area contributed by atoms with Gasteiger partial charge in [-0.25, -0.2) is 4.79 Å². The zero-order chi connectivity index (χ0) is 19.8. The molecular formula is C21H20N2O5S. The average molecular weight is 412 g/mol. The van der Waals surface area contributed by atoms with Crippen LogP contribution in [-0.2, 0) is 11.3 Å². The standard InChI is InChI=1S/C21H20N2O5S/c24-20(12-23-15-3-1-2-4-16(15)28-21(23)25)22-8-7-19(29-10-9-22)14-5-6-17-18(11-14)27-13-26-17/h1-6,11,19H,7-10,12-13H2. The summed E-state index contributed by atoms with van der Waals surface area (Å²) in [6, 6.07) is 13.2. The van der Waals surface area contributed by atoms with Crippen molar-refractivity contribution in [2.75, 3.05) is 25.6 Å². The molecule has 1 atom stereocenters. The first-order valence-electron chi connectivity index (χ1n) is 9.56. The Labute approximate surface area is 171 Å². The molecule has 1 fully saturated rings. The summed E-state index contributed by atoms with van der Waals surface area (Å²) >= 11 is 1.84. The van der Waals surface area contributed by atoms with Crippen molar-refractivity contribution in [1.82, 2.24) is 9.47 Å². The van der Waals surface area contributed by atoms with Crippen LogP contribution in [0.3, 0.4) is 0 Å². The number of para-hydroxylation sites is 2. The van der Waals surface area contributed by atoms with Gasteiger partial charge in [0.25, 0.3) is 0 Å². The highest BCUT2D eigenvalue weighted by Gasteiger charge is 2.25. The highest BCUT2D eigenvalue weighted by atomic mass is 32.2. The Hall–Kier alpha value is -2.87. The minimum Gasteiger partial charge on any atom is -0.454 e. The summed E-state index contributed by atoms with van der Waals surface area (Å²) in [5.41, 5.74) is 2.33. The van der Waals surface area contributed by atoms with Gasteiger partial charge in [0.1, 0.15) is 6.54 Å². The Bertz CT molecular complexity index is 1120. The Kier molecular flexibility index (Phi) is 4.71. The molecule has 2 aromatic carbocycles. The molecule has 0 spiro atoms. The second-order valence-corrected chi connectivity index (χ2v) is 8.37. The lowest BCUT2D eigenvalue weighted by Crippen LogP contribution is -2.37. The topological polar surface area (TPSA) is 73.9 Å². The Balaban J connectivity index is 1.28. The molecule has 7 nitrogen and oxygen atoms in total. The van der Waals surface area contributed by atoms with Gasteiger partial charge in [-0.15, -0.1) is 0 Å². The van der Waals surface area contributed by atoms with Gasteiger partial charge >= 0.3 is 5.76 Å². The molecule has 2 aliphatic rings. The smallest absolute Gasteiger partial charge is 0.420 e. The van der Waals surface area contributed by atoms with Crippen molar-refractivity contribution in [2.45, 2.75) is 18.2 Å². The van der Waals surface area contributed by atoms with Crippen molar-refractivity contribution >= 4 is 28.8 Å². The van der Waals surface area contributed by atoms with Gasteiger partial charge < -0.3 is 18.8 Å². The number of carbonyl (C=O) groups excluding carboxylic acids is 1. The number of benzene rings is 2. The van der Waals surface area contributed by atoms with E-state index < -0.39 is 5.76 Å². The van der Waals surface area contributed by atoms with Gasteiger partial charge in [-0.2, -0.15) is 11.8 Å². The molecule has 2 aliphatic heterocycles. The summed E-state index contributed by atoms with van der Waals surface area (Å²) in [4.78, 5) is 26.9. The first-order chi connectivity index (χ1) is 14.2. The molecule has 0 aliphatic carbocycles. The fraction of sp³-hybridized carbons (Fsp3) is 0.333. The van der Waals surface area contributed by atoms with Crippen molar-refractivity contribution in [3.8, 4) is 11.5 Å². The van der Waals surface area contributed by atoms with E-state index in [1.807, 2.05) is 34.9 Å². The number of oxazole rings is 1. The van der Waals surface area contributed by atoms with Crippen molar-refractivity contribution in [3.05, 3.63) is 58.6 Å². The van der Waals surface area contributed by atoms with Gasteiger partial charge in [-0.05, 0) is 36.2 Å². The van der Waals surface area contributed by atoms with Gasteiger partial charge in [0.05, 0.1) is 5.52 Å². The monoisotopic (exact) mass is 412 g/mol. The van der Waals surface area contributed by atoms with Crippen LogP contribution < -0.4 is 15.2 Å². The van der Waals surface area contributed by atoms with Crippen LogP contribution in [0.4, 0.5) is 0 Å². The van der Waals surface area contributed by atoms with Crippen LogP contribution in [0.25, 0.3) is 11.1 Å². The normalized spacial score (nSPS) is 18.8. The van der Waals surface area contributed by atoms with E-state index in [1.54, 1.807) is 18.2 Å². The minimum atomic E-state index is -0.498. The number of rotatable bonds is 3. The lowest BCUT2D eigenvalue weighted by molar-refractivity contribution is -0.131. The summed E-state index contributed by atoms with van der Waals surface area (Å²) in [5.74, 6) is 1.84. The van der Waals surface area contributed by atoms with Crippen LogP contribution in [0.15, 0.2) is 51.7 Å². The third-order valence-electron chi connectivity index (χ3n) is 5.33. The highest BCUT2D eigenvalue weighted by molar-refractivity contribution is 7.99. The Morgan fingerprint density at radius 2 is 1.97 bits per heavy atom. The van der Waals surface area contributed by atoms with Crippen LogP contribution in [-0.4, -0.2) is 41.0 Å². The number of aromatic nitrogens is 1. The molecule has 0 saturated carbocycles. The molecule has 3 heterocycles. The maximum atomic E-state index is 12.9. The number of hydrogen-bond donors (Lipinski definition) is 0. The number of nitrogens with zero attached hydrogens (tertiary/aromatic N) is 2. The lowest BCUT2D eigenvalue weighted by Gasteiger charge is -2.20. The summed E-state index contributed by atoms with van der Waals surface area (Å²) in [6.45, 7) is 1.57. The van der Waals surface area contributed by atoms with Crippen LogP contribution in [0, 0.1) is 0 Å². The third-order valence-corrected chi connectivity index (χ3v) is 6.66. The van der Waals surface area contributed by atoms with Gasteiger partial charge in [0.2, 0.25) is 12.7 Å². The van der Waals surface area contributed by atoms with Gasteiger partial charge in [-0.3, -0.25) is 9.36 Å². The van der Waals surface area contributed by atoms with E-state index in [-0.39, 0.29) is 19.2 Å². The molecule has 8 heteroatoms. The van der Waals surface area contributed by atoms with Crippen LogP contribution >= 0.6 is 11.8 Å². The summed E-state index contributed by atoms with van der Waals surface area (Å²) in [6.07, 6.45) is 0.844. The number of hydrogen-bond acceptors (Lipinski definition) is 6. The Morgan fingerprint density at radius 3 is 2.90 bits per heavy atom. The van der Waals surface area contributed by atoms with Crippen LogP contribution in [0.2, 0.25) is 0 Å². The molecule has 0 bridgehead atoms. The number of ether oxygens (including phenoxy) is 2. The SMILES string of the molecule is O=C(Cn1c(=O)oc2ccccc21)N1CCSC(c2ccc3c(c2)OCO3)CC1. The van der Waals surface area contributed by atoms with E-state index in [2.05, 4.69) is 6.07 Å². The molecule has 5 rings (SSSR count). The molecule has 3 aromatic rings. The van der Waals surface area contributed by atoms with Gasteiger partial charge in [0, 0.05) is 24.1 Å². The predicted octanol–water partition coefficient (Wildman–Crippen LogP) is 3.03. The number of thioether (sulfide) groups is 1. The number of carbonyl (C=O) groups is 1. The van der Waals surface area contributed by atoms with E-state index in [1.165, 1.54) is 10.1 Å². The van der Waals surface area contributed by atoms with E-state index in [0.717, 1.165) is 23.7 Å². The zero-order valence-corrected chi connectivity index (χ0v) is 16.5. The first-order valence-corrected chi connectivity index (χ1v) is 10.6. The second kappa shape index (κ2) is 7.51. The van der Waals surface area contributed by atoms with Gasteiger partial charge in [0.15, 0.2) is 17.1 Å². The molecule has 0 radical (unpaired) electrons. The van der Waals surface area contributed by atoms with Gasteiger partial charge in [-0.1, -0.05) is 18.2 Å². The summed E-state index contributed by atoms with van der Waals surface area (Å²) in [7, 11) is 0. The molecule has 0 N–H and O–H groups in total. The molecule has 1 amide bonds. The van der Waals surface area contributed by atoms with E-state index in [9.17, 15) is 9.59 Å². The van der Waals surface area contributed by atoms with Crippen LogP contribution in [0.5, 0.6) is 11.5 Å². The fourth-order valence-electron chi connectivity index (χ4n) is 3.80. The minimum absolute atomic E-state index is 0.00476. The van der Waals surface area contributed by atoms with Crippen LogP contribution in [0.1, 0.15) is 17.2 Å². The molecule has 1 saturated heterocycles. The number of amides is 1. The third kappa shape index (κ3) is 3.48. The Morgan fingerprint density at radius 1 is 1.10 bits per heavy atom.